The number of rotatable bonds is 5. The zero-order valence-corrected chi connectivity index (χ0v) is 11.1. The maximum Gasteiger partial charge on any atom is 0.244 e. The minimum Gasteiger partial charge on any atom is -0.343 e. The van der Waals surface area contributed by atoms with Crippen LogP contribution in [0.2, 0.25) is 0 Å². The molecular weight excluding hydrogens is 230 g/mol. The van der Waals surface area contributed by atoms with Crippen LogP contribution in [0.1, 0.15) is 39.5 Å². The summed E-state index contributed by atoms with van der Waals surface area (Å²) < 4.78 is 0. The summed E-state index contributed by atoms with van der Waals surface area (Å²) in [5.41, 5.74) is 0. The van der Waals surface area contributed by atoms with Crippen molar-refractivity contribution < 1.29 is 9.59 Å². The van der Waals surface area contributed by atoms with E-state index in [1.165, 1.54) is 0 Å². The number of likely N-dealkylation sites (tertiary alicyclic amines) is 1. The summed E-state index contributed by atoms with van der Waals surface area (Å²) in [5.74, 6) is -1.03. The van der Waals surface area contributed by atoms with Crippen LogP contribution < -0.4 is 5.32 Å². The summed E-state index contributed by atoms with van der Waals surface area (Å²) in [7, 11) is 0. The molecule has 1 aliphatic rings. The molecule has 0 saturated carbocycles. The average Bonchev–Trinajstić information content (AvgIpc) is 2.88. The molecule has 100 valence electrons. The van der Waals surface area contributed by atoms with E-state index in [9.17, 15) is 9.59 Å². The highest BCUT2D eigenvalue weighted by molar-refractivity contribution is 5.89. The van der Waals surface area contributed by atoms with Gasteiger partial charge in [0.15, 0.2) is 0 Å². The first-order chi connectivity index (χ1) is 8.60. The molecule has 18 heavy (non-hydrogen) atoms. The predicted molar refractivity (Wildman–Crippen MR) is 67.4 cm³/mol. The SMILES string of the molecule is CCCC(C#N)C(=O)NC(C)C(=O)N1CCCC1. The number of carbonyl (C=O) groups is 2. The Hall–Kier alpha value is -1.57. The summed E-state index contributed by atoms with van der Waals surface area (Å²) in [4.78, 5) is 25.5. The number of hydrogen-bond donors (Lipinski definition) is 1. The molecule has 0 spiro atoms. The van der Waals surface area contributed by atoms with Crippen LogP contribution in [-0.2, 0) is 9.59 Å². The fourth-order valence-electron chi connectivity index (χ4n) is 2.13. The van der Waals surface area contributed by atoms with Crippen LogP contribution in [0.4, 0.5) is 0 Å². The van der Waals surface area contributed by atoms with Crippen LogP contribution in [0, 0.1) is 17.2 Å². The number of nitrogens with one attached hydrogen (secondary N) is 1. The van der Waals surface area contributed by atoms with Gasteiger partial charge in [0.1, 0.15) is 12.0 Å². The van der Waals surface area contributed by atoms with E-state index >= 15 is 0 Å². The van der Waals surface area contributed by atoms with Crippen molar-refractivity contribution in [1.29, 1.82) is 5.26 Å². The predicted octanol–water partition coefficient (Wildman–Crippen LogP) is 1.05. The fraction of sp³-hybridized carbons (Fsp3) is 0.769. The molecule has 0 aromatic heterocycles. The van der Waals surface area contributed by atoms with Crippen LogP contribution in [0.25, 0.3) is 0 Å². The molecule has 2 atom stereocenters. The van der Waals surface area contributed by atoms with E-state index < -0.39 is 12.0 Å². The fourth-order valence-corrected chi connectivity index (χ4v) is 2.13. The van der Waals surface area contributed by atoms with Gasteiger partial charge in [-0.2, -0.15) is 5.26 Å². The minimum atomic E-state index is -0.649. The van der Waals surface area contributed by atoms with E-state index in [0.717, 1.165) is 32.4 Å². The maximum absolute atomic E-state index is 12.0. The number of nitriles is 1. The summed E-state index contributed by atoms with van der Waals surface area (Å²) in [6.07, 6.45) is 3.37. The van der Waals surface area contributed by atoms with Gasteiger partial charge in [-0.15, -0.1) is 0 Å². The van der Waals surface area contributed by atoms with E-state index in [1.807, 2.05) is 13.0 Å². The van der Waals surface area contributed by atoms with Gasteiger partial charge in [-0.25, -0.2) is 0 Å². The highest BCUT2D eigenvalue weighted by Gasteiger charge is 2.26. The van der Waals surface area contributed by atoms with Gasteiger partial charge in [-0.3, -0.25) is 9.59 Å². The number of carbonyl (C=O) groups excluding carboxylic acids is 2. The van der Waals surface area contributed by atoms with E-state index in [1.54, 1.807) is 11.8 Å². The van der Waals surface area contributed by atoms with Gasteiger partial charge in [0.2, 0.25) is 11.8 Å². The molecule has 1 fully saturated rings. The highest BCUT2D eigenvalue weighted by atomic mass is 16.2. The molecule has 0 aliphatic carbocycles. The molecule has 0 aromatic carbocycles. The first-order valence-corrected chi connectivity index (χ1v) is 6.59. The first-order valence-electron chi connectivity index (χ1n) is 6.59. The Balaban J connectivity index is 2.47. The Morgan fingerprint density at radius 2 is 2.00 bits per heavy atom. The monoisotopic (exact) mass is 251 g/mol. The number of nitrogens with zero attached hydrogens (tertiary/aromatic N) is 2. The quantitative estimate of drug-likeness (QED) is 0.793. The average molecular weight is 251 g/mol. The van der Waals surface area contributed by atoms with Crippen molar-refractivity contribution >= 4 is 11.8 Å². The molecule has 5 nitrogen and oxygen atoms in total. The van der Waals surface area contributed by atoms with E-state index in [2.05, 4.69) is 5.32 Å². The van der Waals surface area contributed by atoms with Gasteiger partial charge >= 0.3 is 0 Å². The summed E-state index contributed by atoms with van der Waals surface area (Å²) in [5, 5.41) is 11.5. The lowest BCUT2D eigenvalue weighted by molar-refractivity contribution is -0.135. The van der Waals surface area contributed by atoms with Gasteiger partial charge < -0.3 is 10.2 Å². The van der Waals surface area contributed by atoms with E-state index in [0.29, 0.717) is 6.42 Å². The first kappa shape index (κ1) is 14.5. The van der Waals surface area contributed by atoms with Gasteiger partial charge in [0.25, 0.3) is 0 Å². The lowest BCUT2D eigenvalue weighted by atomic mass is 10.0. The second-order valence-electron chi connectivity index (χ2n) is 4.73. The zero-order chi connectivity index (χ0) is 13.5. The van der Waals surface area contributed by atoms with Crippen LogP contribution >= 0.6 is 0 Å². The normalized spacial score (nSPS) is 17.9. The largest absolute Gasteiger partial charge is 0.343 e. The molecule has 5 heteroatoms. The molecular formula is C13H21N3O2. The standard InChI is InChI=1S/C13H21N3O2/c1-3-6-11(9-14)12(17)15-10(2)13(18)16-7-4-5-8-16/h10-11H,3-8H2,1-2H3,(H,15,17). The summed E-state index contributed by atoms with van der Waals surface area (Å²) in [6, 6.07) is 1.44. The second-order valence-corrected chi connectivity index (χ2v) is 4.73. The van der Waals surface area contributed by atoms with E-state index in [-0.39, 0.29) is 11.8 Å². The smallest absolute Gasteiger partial charge is 0.244 e. The van der Waals surface area contributed by atoms with Crippen LogP contribution in [0.15, 0.2) is 0 Å². The summed E-state index contributed by atoms with van der Waals surface area (Å²) >= 11 is 0. The third-order valence-electron chi connectivity index (χ3n) is 3.20. The maximum atomic E-state index is 12.0. The third-order valence-corrected chi connectivity index (χ3v) is 3.20. The highest BCUT2D eigenvalue weighted by Crippen LogP contribution is 2.10. The topological polar surface area (TPSA) is 73.2 Å². The molecule has 1 heterocycles. The van der Waals surface area contributed by atoms with Crippen molar-refractivity contribution in [2.45, 2.75) is 45.6 Å². The Labute approximate surface area is 108 Å². The van der Waals surface area contributed by atoms with E-state index in [4.69, 9.17) is 5.26 Å². The molecule has 2 unspecified atom stereocenters. The molecule has 1 saturated heterocycles. The van der Waals surface area contributed by atoms with Gasteiger partial charge in [-0.05, 0) is 26.2 Å². The minimum absolute atomic E-state index is 0.0472. The zero-order valence-electron chi connectivity index (χ0n) is 11.1. The van der Waals surface area contributed by atoms with Crippen LogP contribution in [-0.4, -0.2) is 35.8 Å². The van der Waals surface area contributed by atoms with Crippen LogP contribution in [0.3, 0.4) is 0 Å². The molecule has 0 radical (unpaired) electrons. The second kappa shape index (κ2) is 7.00. The number of hydrogen-bond acceptors (Lipinski definition) is 3. The lowest BCUT2D eigenvalue weighted by Gasteiger charge is -2.21. The molecule has 1 aliphatic heterocycles. The molecule has 1 N–H and O–H groups in total. The molecule has 1 rings (SSSR count). The van der Waals surface area contributed by atoms with Crippen molar-refractivity contribution in [2.75, 3.05) is 13.1 Å². The van der Waals surface area contributed by atoms with Gasteiger partial charge in [0, 0.05) is 13.1 Å². The van der Waals surface area contributed by atoms with Crippen molar-refractivity contribution in [1.82, 2.24) is 10.2 Å². The number of amides is 2. The van der Waals surface area contributed by atoms with Crippen molar-refractivity contribution in [3.63, 3.8) is 0 Å². The molecule has 2 amide bonds. The Morgan fingerprint density at radius 3 is 2.50 bits per heavy atom. The van der Waals surface area contributed by atoms with Crippen LogP contribution in [0.5, 0.6) is 0 Å². The Kier molecular flexibility index (Phi) is 5.63. The molecule has 0 aromatic rings. The van der Waals surface area contributed by atoms with Gasteiger partial charge in [-0.1, -0.05) is 13.3 Å². The lowest BCUT2D eigenvalue weighted by Crippen LogP contribution is -2.47. The summed E-state index contributed by atoms with van der Waals surface area (Å²) in [6.45, 7) is 5.15. The Bertz CT molecular complexity index is 343. The third kappa shape index (κ3) is 3.73. The van der Waals surface area contributed by atoms with Crippen molar-refractivity contribution in [3.8, 4) is 6.07 Å². The molecule has 0 bridgehead atoms. The van der Waals surface area contributed by atoms with Crippen molar-refractivity contribution in [3.05, 3.63) is 0 Å². The van der Waals surface area contributed by atoms with Crippen molar-refractivity contribution in [2.24, 2.45) is 5.92 Å². The Morgan fingerprint density at radius 1 is 1.39 bits per heavy atom. The van der Waals surface area contributed by atoms with Gasteiger partial charge in [0.05, 0.1) is 6.07 Å².